The summed E-state index contributed by atoms with van der Waals surface area (Å²) >= 11 is 0. The summed E-state index contributed by atoms with van der Waals surface area (Å²) in [6, 6.07) is 2.94. The molecular weight excluding hydrogens is 398 g/mol. The van der Waals surface area contributed by atoms with E-state index in [4.69, 9.17) is 18.9 Å². The third-order valence-electron chi connectivity index (χ3n) is 4.44. The van der Waals surface area contributed by atoms with Crippen LogP contribution in [0.1, 0.15) is 40.7 Å². The number of esters is 1. The first-order chi connectivity index (χ1) is 14.3. The number of carbonyl (C=O) groups is 2. The molecule has 3 N–H and O–H groups in total. The largest absolute Gasteiger partial charge is 0.506 e. The minimum Gasteiger partial charge on any atom is -0.506 e. The number of pyridine rings is 1. The van der Waals surface area contributed by atoms with E-state index in [9.17, 15) is 24.6 Å². The molecule has 0 unspecified atom stereocenters. The smallest absolute Gasteiger partial charge is 0.343 e. The predicted octanol–water partition coefficient (Wildman–Crippen LogP) is 1.89. The van der Waals surface area contributed by atoms with Crippen LogP contribution in [0.4, 0.5) is 0 Å². The molecule has 1 aromatic carbocycles. The lowest BCUT2D eigenvalue weighted by atomic mass is 9.87. The Kier molecular flexibility index (Phi) is 7.29. The van der Waals surface area contributed by atoms with Crippen molar-refractivity contribution in [2.45, 2.75) is 19.3 Å². The molecule has 0 bridgehead atoms. The molecule has 10 heteroatoms. The van der Waals surface area contributed by atoms with Gasteiger partial charge in [0.1, 0.15) is 17.1 Å². The molecule has 0 radical (unpaired) electrons. The average Bonchev–Trinajstić information content (AvgIpc) is 2.71. The van der Waals surface area contributed by atoms with Crippen molar-refractivity contribution >= 4 is 11.9 Å². The molecule has 0 aliphatic heterocycles. The zero-order valence-electron chi connectivity index (χ0n) is 17.0. The number of hydrogen-bond acceptors (Lipinski definition) is 8. The molecule has 0 saturated heterocycles. The second-order valence-electron chi connectivity index (χ2n) is 6.11. The first-order valence-corrected chi connectivity index (χ1v) is 8.92. The number of ether oxygens (including phenoxy) is 4. The van der Waals surface area contributed by atoms with Crippen molar-refractivity contribution in [3.8, 4) is 23.0 Å². The minimum atomic E-state index is -1.24. The zero-order chi connectivity index (χ0) is 22.4. The fourth-order valence-corrected chi connectivity index (χ4v) is 3.09. The number of rotatable bonds is 9. The van der Waals surface area contributed by atoms with Gasteiger partial charge in [-0.3, -0.25) is 9.59 Å². The first-order valence-electron chi connectivity index (χ1n) is 8.92. The van der Waals surface area contributed by atoms with E-state index < -0.39 is 35.6 Å². The molecule has 30 heavy (non-hydrogen) atoms. The number of carboxylic acid groups (broad SMARTS) is 1. The van der Waals surface area contributed by atoms with E-state index in [1.807, 2.05) is 0 Å². The van der Waals surface area contributed by atoms with Crippen molar-refractivity contribution in [1.82, 2.24) is 4.98 Å². The molecule has 0 aliphatic carbocycles. The van der Waals surface area contributed by atoms with Gasteiger partial charge in [-0.25, -0.2) is 4.79 Å². The van der Waals surface area contributed by atoms with Gasteiger partial charge in [-0.05, 0) is 13.0 Å². The van der Waals surface area contributed by atoms with Gasteiger partial charge in [0.25, 0.3) is 5.56 Å². The number of aromatic nitrogens is 1. The lowest BCUT2D eigenvalue weighted by Gasteiger charge is -2.21. The van der Waals surface area contributed by atoms with Gasteiger partial charge in [-0.2, -0.15) is 0 Å². The van der Waals surface area contributed by atoms with Crippen LogP contribution in [-0.4, -0.2) is 55.1 Å². The van der Waals surface area contributed by atoms with Crippen molar-refractivity contribution in [3.05, 3.63) is 45.4 Å². The third kappa shape index (κ3) is 4.48. The van der Waals surface area contributed by atoms with Gasteiger partial charge in [-0.15, -0.1) is 0 Å². The van der Waals surface area contributed by atoms with Gasteiger partial charge >= 0.3 is 11.9 Å². The minimum absolute atomic E-state index is 0.0504. The number of hydrogen-bond donors (Lipinski definition) is 3. The summed E-state index contributed by atoms with van der Waals surface area (Å²) in [4.78, 5) is 38.7. The van der Waals surface area contributed by atoms with Crippen LogP contribution in [0.2, 0.25) is 0 Å². The number of methoxy groups -OCH3 is 3. The first kappa shape index (κ1) is 22.6. The molecule has 0 spiro atoms. The van der Waals surface area contributed by atoms with E-state index in [-0.39, 0.29) is 34.8 Å². The molecule has 0 aliphatic rings. The second kappa shape index (κ2) is 9.68. The molecular formula is C20H23NO9. The molecule has 10 nitrogen and oxygen atoms in total. The highest BCUT2D eigenvalue weighted by Crippen LogP contribution is 2.43. The van der Waals surface area contributed by atoms with Crippen LogP contribution >= 0.6 is 0 Å². The molecule has 1 heterocycles. The quantitative estimate of drug-likeness (QED) is 0.517. The predicted molar refractivity (Wildman–Crippen MR) is 105 cm³/mol. The van der Waals surface area contributed by atoms with E-state index in [0.717, 1.165) is 6.20 Å². The molecule has 1 aromatic heterocycles. The topological polar surface area (TPSA) is 144 Å². The van der Waals surface area contributed by atoms with Gasteiger partial charge < -0.3 is 34.1 Å². The molecule has 0 saturated carbocycles. The number of H-pyrrole nitrogens is 1. The fraction of sp³-hybridized carbons (Fsp3) is 0.350. The van der Waals surface area contributed by atoms with Gasteiger partial charge in [0.15, 0.2) is 11.5 Å². The van der Waals surface area contributed by atoms with E-state index >= 15 is 0 Å². The molecule has 2 rings (SSSR count). The van der Waals surface area contributed by atoms with E-state index in [0.29, 0.717) is 5.75 Å². The van der Waals surface area contributed by atoms with Crippen LogP contribution in [0.5, 0.6) is 23.0 Å². The van der Waals surface area contributed by atoms with Crippen LogP contribution in [0.3, 0.4) is 0 Å². The standard InChI is InChI=1S/C20H23NO9/c1-5-30-20(26)12-9-21-19(25)17(18(12)24)11(7-16(22)23)10-6-14(28-3)15(29-4)8-13(10)27-2/h6,8-9,11H,5,7H2,1-4H3,(H,22,23)(H2,21,24,25)/t11-/m1/s1. The Bertz CT molecular complexity index is 997. The van der Waals surface area contributed by atoms with Crippen LogP contribution < -0.4 is 19.8 Å². The maximum absolute atomic E-state index is 12.6. The lowest BCUT2D eigenvalue weighted by Crippen LogP contribution is -2.22. The van der Waals surface area contributed by atoms with Crippen LogP contribution in [0, 0.1) is 0 Å². The number of aromatic amines is 1. The Balaban J connectivity index is 2.80. The van der Waals surface area contributed by atoms with Gasteiger partial charge in [0.2, 0.25) is 0 Å². The number of nitrogens with one attached hydrogen (secondary N) is 1. The molecule has 2 aromatic rings. The van der Waals surface area contributed by atoms with Crippen LogP contribution in [-0.2, 0) is 9.53 Å². The summed E-state index contributed by atoms with van der Waals surface area (Å²) < 4.78 is 20.7. The van der Waals surface area contributed by atoms with Crippen LogP contribution in [0.15, 0.2) is 23.1 Å². The number of carboxylic acids is 1. The summed E-state index contributed by atoms with van der Waals surface area (Å²) in [6.07, 6.45) is 0.442. The normalized spacial score (nSPS) is 11.5. The Morgan fingerprint density at radius 1 is 1.07 bits per heavy atom. The Morgan fingerprint density at radius 3 is 2.20 bits per heavy atom. The zero-order valence-corrected chi connectivity index (χ0v) is 17.0. The Morgan fingerprint density at radius 2 is 1.67 bits per heavy atom. The summed E-state index contributed by atoms with van der Waals surface area (Å²) in [5, 5.41) is 20.2. The highest BCUT2D eigenvalue weighted by molar-refractivity contribution is 5.92. The van der Waals surface area contributed by atoms with E-state index in [1.54, 1.807) is 6.92 Å². The average molecular weight is 421 g/mol. The SMILES string of the molecule is CCOC(=O)c1c[nH]c(=O)c([C@H](CC(=O)O)c2cc(OC)c(OC)cc2OC)c1O. The van der Waals surface area contributed by atoms with Crippen molar-refractivity contribution in [3.63, 3.8) is 0 Å². The highest BCUT2D eigenvalue weighted by atomic mass is 16.5. The van der Waals surface area contributed by atoms with E-state index in [1.165, 1.54) is 33.5 Å². The maximum atomic E-state index is 12.6. The number of aliphatic carboxylic acids is 1. The second-order valence-corrected chi connectivity index (χ2v) is 6.11. The van der Waals surface area contributed by atoms with Gasteiger partial charge in [0, 0.05) is 23.7 Å². The lowest BCUT2D eigenvalue weighted by molar-refractivity contribution is -0.137. The molecule has 0 fully saturated rings. The van der Waals surface area contributed by atoms with Gasteiger partial charge in [-0.1, -0.05) is 0 Å². The van der Waals surface area contributed by atoms with Crippen molar-refractivity contribution in [2.24, 2.45) is 0 Å². The Labute approximate surface area is 172 Å². The number of carbonyl (C=O) groups excluding carboxylic acids is 1. The summed E-state index contributed by atoms with van der Waals surface area (Å²) in [5.74, 6) is -3.14. The fourth-order valence-electron chi connectivity index (χ4n) is 3.09. The molecule has 0 amide bonds. The highest BCUT2D eigenvalue weighted by Gasteiger charge is 2.31. The number of aromatic hydroxyl groups is 1. The monoisotopic (exact) mass is 421 g/mol. The van der Waals surface area contributed by atoms with E-state index in [2.05, 4.69) is 4.98 Å². The Hall–Kier alpha value is -3.69. The summed E-state index contributed by atoms with van der Waals surface area (Å²) in [7, 11) is 4.18. The number of benzene rings is 1. The molecule has 162 valence electrons. The van der Waals surface area contributed by atoms with Crippen LogP contribution in [0.25, 0.3) is 0 Å². The van der Waals surface area contributed by atoms with Gasteiger partial charge in [0.05, 0.1) is 39.9 Å². The summed E-state index contributed by atoms with van der Waals surface area (Å²) in [5.41, 5.74) is -1.11. The summed E-state index contributed by atoms with van der Waals surface area (Å²) in [6.45, 7) is 1.64. The van der Waals surface area contributed by atoms with Crippen molar-refractivity contribution in [1.29, 1.82) is 0 Å². The molecule has 1 atom stereocenters. The van der Waals surface area contributed by atoms with Crippen molar-refractivity contribution < 1.29 is 38.7 Å². The maximum Gasteiger partial charge on any atom is 0.343 e. The third-order valence-corrected chi connectivity index (χ3v) is 4.44. The van der Waals surface area contributed by atoms with Crippen molar-refractivity contribution in [2.75, 3.05) is 27.9 Å².